The number of aryl methyl sites for hydroxylation is 2. The zero-order valence-electron chi connectivity index (χ0n) is 13.6. The van der Waals surface area contributed by atoms with Crippen molar-refractivity contribution in [2.45, 2.75) is 26.2 Å². The fourth-order valence-corrected chi connectivity index (χ4v) is 2.48. The van der Waals surface area contributed by atoms with Gasteiger partial charge in [-0.3, -0.25) is 9.59 Å². The van der Waals surface area contributed by atoms with Crippen molar-refractivity contribution in [2.24, 2.45) is 0 Å². The van der Waals surface area contributed by atoms with Gasteiger partial charge in [-0.1, -0.05) is 5.16 Å². The highest BCUT2D eigenvalue weighted by Gasteiger charge is 2.11. The Morgan fingerprint density at radius 3 is 2.80 bits per heavy atom. The highest BCUT2D eigenvalue weighted by atomic mass is 79.9. The van der Waals surface area contributed by atoms with Gasteiger partial charge in [0.1, 0.15) is 5.82 Å². The summed E-state index contributed by atoms with van der Waals surface area (Å²) in [4.78, 5) is 27.7. The first kappa shape index (κ1) is 19.0. The molecule has 0 spiro atoms. The van der Waals surface area contributed by atoms with E-state index >= 15 is 0 Å². The molecule has 0 saturated carbocycles. The van der Waals surface area contributed by atoms with Crippen LogP contribution in [0.15, 0.2) is 27.2 Å². The predicted octanol–water partition coefficient (Wildman–Crippen LogP) is 2.15. The summed E-state index contributed by atoms with van der Waals surface area (Å²) in [5.74, 6) is 0.00758. The average molecular weight is 413 g/mol. The number of aromatic nitrogens is 2. The van der Waals surface area contributed by atoms with E-state index in [1.165, 1.54) is 12.1 Å². The maximum Gasteiger partial charge on any atom is 0.252 e. The fourth-order valence-electron chi connectivity index (χ4n) is 2.05. The minimum absolute atomic E-state index is 0.137. The number of nitrogens with one attached hydrogen (secondary N) is 2. The normalized spacial score (nSPS) is 10.5. The minimum Gasteiger partial charge on any atom is -0.356 e. The first-order valence-electron chi connectivity index (χ1n) is 7.75. The van der Waals surface area contributed by atoms with Crippen LogP contribution in [0, 0.1) is 12.7 Å². The summed E-state index contributed by atoms with van der Waals surface area (Å²) in [6.07, 6.45) is 1.40. The van der Waals surface area contributed by atoms with Crippen LogP contribution >= 0.6 is 15.9 Å². The molecule has 2 rings (SSSR count). The molecule has 134 valence electrons. The third kappa shape index (κ3) is 6.26. The lowest BCUT2D eigenvalue weighted by molar-refractivity contribution is -0.120. The lowest BCUT2D eigenvalue weighted by Gasteiger charge is -2.07. The number of carbonyl (C=O) groups is 2. The molecule has 0 aliphatic rings. The van der Waals surface area contributed by atoms with Crippen LogP contribution in [-0.4, -0.2) is 35.0 Å². The lowest BCUT2D eigenvalue weighted by atomic mass is 10.2. The summed E-state index contributed by atoms with van der Waals surface area (Å²) in [6.45, 7) is 2.38. The van der Waals surface area contributed by atoms with E-state index in [-0.39, 0.29) is 24.4 Å². The summed E-state index contributed by atoms with van der Waals surface area (Å²) < 4.78 is 18.6. The Labute approximate surface area is 152 Å². The molecule has 1 aromatic heterocycles. The van der Waals surface area contributed by atoms with Gasteiger partial charge in [0, 0.05) is 30.4 Å². The maximum absolute atomic E-state index is 13.2. The standard InChI is InChI=1S/C16H18BrFN4O3/c1-10-21-15(25-22-10)3-2-7-19-14(23)6-8-20-16(24)12-9-11(18)4-5-13(12)17/h4-5,9H,2-3,6-8H2,1H3,(H,19,23)(H,20,24). The van der Waals surface area contributed by atoms with Crippen LogP contribution in [0.3, 0.4) is 0 Å². The second-order valence-corrected chi connectivity index (χ2v) is 6.17. The maximum atomic E-state index is 13.2. The molecule has 0 fully saturated rings. The molecule has 2 amide bonds. The minimum atomic E-state index is -0.498. The van der Waals surface area contributed by atoms with Crippen LogP contribution in [0.4, 0.5) is 4.39 Å². The molecule has 1 heterocycles. The Hall–Kier alpha value is -2.29. The zero-order chi connectivity index (χ0) is 18.2. The van der Waals surface area contributed by atoms with Crippen molar-refractivity contribution in [1.82, 2.24) is 20.8 Å². The first-order chi connectivity index (χ1) is 12.0. The fraction of sp³-hybridized carbons (Fsp3) is 0.375. The topological polar surface area (TPSA) is 97.1 Å². The second kappa shape index (κ2) is 9.26. The molecule has 2 aromatic rings. The molecule has 2 N–H and O–H groups in total. The Balaban J connectivity index is 1.63. The van der Waals surface area contributed by atoms with Crippen molar-refractivity contribution in [3.8, 4) is 0 Å². The molecule has 0 aliphatic heterocycles. The van der Waals surface area contributed by atoms with E-state index in [9.17, 15) is 14.0 Å². The monoisotopic (exact) mass is 412 g/mol. The van der Waals surface area contributed by atoms with E-state index in [2.05, 4.69) is 36.7 Å². The predicted molar refractivity (Wildman–Crippen MR) is 91.4 cm³/mol. The number of carbonyl (C=O) groups excluding carboxylic acids is 2. The van der Waals surface area contributed by atoms with E-state index in [1.54, 1.807) is 6.92 Å². The van der Waals surface area contributed by atoms with Crippen molar-refractivity contribution in [1.29, 1.82) is 0 Å². The van der Waals surface area contributed by atoms with Gasteiger partial charge in [-0.25, -0.2) is 4.39 Å². The van der Waals surface area contributed by atoms with Crippen LogP contribution in [0.2, 0.25) is 0 Å². The van der Waals surface area contributed by atoms with Gasteiger partial charge in [0.15, 0.2) is 5.82 Å². The van der Waals surface area contributed by atoms with Gasteiger partial charge < -0.3 is 15.2 Å². The summed E-state index contributed by atoms with van der Waals surface area (Å²) in [5.41, 5.74) is 0.190. The van der Waals surface area contributed by atoms with Gasteiger partial charge in [-0.15, -0.1) is 0 Å². The zero-order valence-corrected chi connectivity index (χ0v) is 15.2. The van der Waals surface area contributed by atoms with Crippen LogP contribution in [0.5, 0.6) is 0 Å². The van der Waals surface area contributed by atoms with Crippen molar-refractivity contribution in [2.75, 3.05) is 13.1 Å². The Bertz CT molecular complexity index is 751. The van der Waals surface area contributed by atoms with Crippen LogP contribution in [-0.2, 0) is 11.2 Å². The molecule has 25 heavy (non-hydrogen) atoms. The van der Waals surface area contributed by atoms with Gasteiger partial charge in [0.25, 0.3) is 5.91 Å². The quantitative estimate of drug-likeness (QED) is 0.647. The van der Waals surface area contributed by atoms with Gasteiger partial charge >= 0.3 is 0 Å². The van der Waals surface area contributed by atoms with Crippen LogP contribution < -0.4 is 10.6 Å². The molecule has 0 unspecified atom stereocenters. The Kier molecular flexibility index (Phi) is 7.05. The molecule has 9 heteroatoms. The second-order valence-electron chi connectivity index (χ2n) is 5.32. The van der Waals surface area contributed by atoms with E-state index < -0.39 is 11.7 Å². The van der Waals surface area contributed by atoms with Gasteiger partial charge in [0.05, 0.1) is 5.56 Å². The number of amides is 2. The third-order valence-electron chi connectivity index (χ3n) is 3.27. The van der Waals surface area contributed by atoms with Crippen LogP contribution in [0.1, 0.15) is 34.9 Å². The molecular weight excluding hydrogens is 395 g/mol. The van der Waals surface area contributed by atoms with E-state index in [4.69, 9.17) is 4.52 Å². The number of halogens is 2. The molecule has 0 atom stereocenters. The Morgan fingerprint density at radius 1 is 1.28 bits per heavy atom. The Morgan fingerprint density at radius 2 is 2.08 bits per heavy atom. The number of hydrogen-bond acceptors (Lipinski definition) is 5. The largest absolute Gasteiger partial charge is 0.356 e. The van der Waals surface area contributed by atoms with Crippen molar-refractivity contribution in [3.05, 3.63) is 45.8 Å². The molecule has 0 aliphatic carbocycles. The number of nitrogens with zero attached hydrogens (tertiary/aromatic N) is 2. The number of benzene rings is 1. The van der Waals surface area contributed by atoms with Crippen molar-refractivity contribution >= 4 is 27.7 Å². The third-order valence-corrected chi connectivity index (χ3v) is 3.96. The average Bonchev–Trinajstić information content (AvgIpc) is 2.99. The molecule has 7 nitrogen and oxygen atoms in total. The molecule has 0 radical (unpaired) electrons. The smallest absolute Gasteiger partial charge is 0.252 e. The number of hydrogen-bond donors (Lipinski definition) is 2. The van der Waals surface area contributed by atoms with Crippen molar-refractivity contribution < 1.29 is 18.5 Å². The molecule has 0 saturated heterocycles. The summed E-state index contributed by atoms with van der Waals surface area (Å²) >= 11 is 3.19. The summed E-state index contributed by atoms with van der Waals surface area (Å²) in [7, 11) is 0. The van der Waals surface area contributed by atoms with Gasteiger partial charge in [0.2, 0.25) is 11.8 Å². The van der Waals surface area contributed by atoms with Gasteiger partial charge in [-0.2, -0.15) is 4.98 Å². The first-order valence-corrected chi connectivity index (χ1v) is 8.54. The summed E-state index contributed by atoms with van der Waals surface area (Å²) in [5, 5.41) is 9.02. The molecule has 0 bridgehead atoms. The highest BCUT2D eigenvalue weighted by Crippen LogP contribution is 2.17. The molecular formula is C16H18BrFN4O3. The molecule has 1 aromatic carbocycles. The van der Waals surface area contributed by atoms with Crippen LogP contribution in [0.25, 0.3) is 0 Å². The van der Waals surface area contributed by atoms with E-state index in [0.29, 0.717) is 35.6 Å². The van der Waals surface area contributed by atoms with Gasteiger partial charge in [-0.05, 0) is 47.5 Å². The summed E-state index contributed by atoms with van der Waals surface area (Å²) in [6, 6.07) is 3.85. The SMILES string of the molecule is Cc1noc(CCCNC(=O)CCNC(=O)c2cc(F)ccc2Br)n1. The number of rotatable bonds is 8. The lowest BCUT2D eigenvalue weighted by Crippen LogP contribution is -2.31. The van der Waals surface area contributed by atoms with Crippen molar-refractivity contribution in [3.63, 3.8) is 0 Å². The highest BCUT2D eigenvalue weighted by molar-refractivity contribution is 9.10. The van der Waals surface area contributed by atoms with E-state index in [1.807, 2.05) is 0 Å². The van der Waals surface area contributed by atoms with E-state index in [0.717, 1.165) is 6.07 Å².